The third-order valence-electron chi connectivity index (χ3n) is 6.42. The van der Waals surface area contributed by atoms with Gasteiger partial charge in [-0.25, -0.2) is 14.8 Å². The maximum atomic E-state index is 13.3. The van der Waals surface area contributed by atoms with Crippen molar-refractivity contribution in [3.05, 3.63) is 71.8 Å². The van der Waals surface area contributed by atoms with Crippen LogP contribution in [0.4, 0.5) is 4.79 Å². The molecule has 11 nitrogen and oxygen atoms in total. The summed E-state index contributed by atoms with van der Waals surface area (Å²) >= 11 is 0. The van der Waals surface area contributed by atoms with E-state index in [0.717, 1.165) is 11.1 Å². The molecule has 2 atom stereocenters. The van der Waals surface area contributed by atoms with Gasteiger partial charge in [0, 0.05) is 20.1 Å². The van der Waals surface area contributed by atoms with Gasteiger partial charge in [0.25, 0.3) is 0 Å². The van der Waals surface area contributed by atoms with Gasteiger partial charge in [0.05, 0.1) is 32.7 Å². The summed E-state index contributed by atoms with van der Waals surface area (Å²) in [4.78, 5) is 53.9. The van der Waals surface area contributed by atoms with E-state index >= 15 is 0 Å². The Bertz CT molecular complexity index is 1110. The van der Waals surface area contributed by atoms with Crippen LogP contribution in [-0.4, -0.2) is 94.2 Å². The minimum atomic E-state index is -1.21. The van der Waals surface area contributed by atoms with Crippen LogP contribution in [0.5, 0.6) is 0 Å². The number of piperazine rings is 1. The van der Waals surface area contributed by atoms with Crippen molar-refractivity contribution in [2.45, 2.75) is 31.8 Å². The number of hydrogen-bond donors (Lipinski definition) is 2. The number of hydrazine groups is 1. The molecule has 2 aliphatic rings. The molecule has 2 fully saturated rings. The Balaban J connectivity index is 1.49. The molecular formula is C26H31N5O6. The molecule has 37 heavy (non-hydrogen) atoms. The van der Waals surface area contributed by atoms with Crippen molar-refractivity contribution in [1.82, 2.24) is 25.1 Å². The van der Waals surface area contributed by atoms with E-state index in [0.29, 0.717) is 6.61 Å². The highest BCUT2D eigenvalue weighted by Crippen LogP contribution is 2.27. The molecule has 0 aliphatic carbocycles. The number of carboxylic acid groups (broad SMARTS) is 1. The molecule has 0 radical (unpaired) electrons. The molecule has 2 saturated heterocycles. The summed E-state index contributed by atoms with van der Waals surface area (Å²) in [6.45, 7) is 0.948. The number of carboxylic acids is 1. The molecule has 2 N–H and O–H groups in total. The van der Waals surface area contributed by atoms with Gasteiger partial charge in [0.15, 0.2) is 0 Å². The Kier molecular flexibility index (Phi) is 8.36. The maximum absolute atomic E-state index is 13.3. The number of aliphatic carboxylic acids is 1. The summed E-state index contributed by atoms with van der Waals surface area (Å²) in [6.07, 6.45) is -1.40. The van der Waals surface area contributed by atoms with Gasteiger partial charge in [-0.1, -0.05) is 60.7 Å². The van der Waals surface area contributed by atoms with E-state index in [1.807, 2.05) is 60.7 Å². The minimum Gasteiger partial charge on any atom is -0.481 e. The lowest BCUT2D eigenvalue weighted by molar-refractivity contribution is -0.189. The van der Waals surface area contributed by atoms with E-state index < -0.39 is 42.4 Å². The second kappa shape index (κ2) is 11.8. The average Bonchev–Trinajstić information content (AvgIpc) is 2.88. The minimum absolute atomic E-state index is 0.0402. The van der Waals surface area contributed by atoms with Gasteiger partial charge >= 0.3 is 12.0 Å². The Morgan fingerprint density at radius 2 is 1.68 bits per heavy atom. The van der Waals surface area contributed by atoms with E-state index in [1.54, 1.807) is 7.05 Å². The average molecular weight is 510 g/mol. The van der Waals surface area contributed by atoms with Gasteiger partial charge in [-0.3, -0.25) is 14.4 Å². The van der Waals surface area contributed by atoms with E-state index in [4.69, 9.17) is 4.74 Å². The fraction of sp³-hybridized carbons (Fsp3) is 0.385. The van der Waals surface area contributed by atoms with Crippen LogP contribution >= 0.6 is 0 Å². The second-order valence-corrected chi connectivity index (χ2v) is 9.02. The number of nitrogens with zero attached hydrogens (tertiary/aromatic N) is 4. The van der Waals surface area contributed by atoms with Crippen LogP contribution in [0.1, 0.15) is 17.5 Å². The lowest BCUT2D eigenvalue weighted by Gasteiger charge is -2.54. The number of carbonyl (C=O) groups excluding carboxylic acids is 3. The standard InChI is InChI=1S/C26H31N5O6/c1-28-17-23(32)30-21(14-24(33)34)25(35)29(12-13-37-18-20-10-6-3-7-11-20)16-22(30)31(28)26(36)27-15-19-8-4-2-5-9-19/h2-11,21-22H,12-18H2,1H3,(H,27,36)(H,33,34)/t21-,22?/m0/s1. The zero-order chi connectivity index (χ0) is 26.4. The maximum Gasteiger partial charge on any atom is 0.334 e. The number of likely N-dealkylation sites (N-methyl/N-ethyl adjacent to an activating group) is 1. The summed E-state index contributed by atoms with van der Waals surface area (Å²) < 4.78 is 5.73. The zero-order valence-corrected chi connectivity index (χ0v) is 20.7. The Morgan fingerprint density at radius 3 is 2.32 bits per heavy atom. The first kappa shape index (κ1) is 26.1. The van der Waals surface area contributed by atoms with Gasteiger partial charge < -0.3 is 25.0 Å². The van der Waals surface area contributed by atoms with Crippen molar-refractivity contribution in [3.63, 3.8) is 0 Å². The molecule has 11 heteroatoms. The first-order valence-corrected chi connectivity index (χ1v) is 12.1. The molecule has 4 amide bonds. The van der Waals surface area contributed by atoms with Crippen LogP contribution < -0.4 is 5.32 Å². The highest BCUT2D eigenvalue weighted by Gasteiger charge is 2.51. The third kappa shape index (κ3) is 6.25. The molecule has 4 rings (SSSR count). The predicted molar refractivity (Wildman–Crippen MR) is 132 cm³/mol. The highest BCUT2D eigenvalue weighted by atomic mass is 16.5. The largest absolute Gasteiger partial charge is 0.481 e. The molecule has 2 aromatic rings. The van der Waals surface area contributed by atoms with Crippen molar-refractivity contribution in [2.75, 3.05) is 33.3 Å². The number of carbonyl (C=O) groups is 4. The number of urea groups is 1. The number of rotatable bonds is 9. The van der Waals surface area contributed by atoms with E-state index in [2.05, 4.69) is 5.32 Å². The normalized spacial score (nSPS) is 20.1. The Labute approximate surface area is 215 Å². The monoisotopic (exact) mass is 509 g/mol. The van der Waals surface area contributed by atoms with E-state index in [9.17, 15) is 24.3 Å². The first-order chi connectivity index (χ1) is 17.8. The van der Waals surface area contributed by atoms with Crippen molar-refractivity contribution in [2.24, 2.45) is 0 Å². The molecule has 2 aromatic carbocycles. The first-order valence-electron chi connectivity index (χ1n) is 12.1. The zero-order valence-electron chi connectivity index (χ0n) is 20.7. The number of amides is 4. The van der Waals surface area contributed by atoms with E-state index in [1.165, 1.54) is 19.8 Å². The van der Waals surface area contributed by atoms with Crippen LogP contribution in [0.3, 0.4) is 0 Å². The predicted octanol–water partition coefficient (Wildman–Crippen LogP) is 1.12. The summed E-state index contributed by atoms with van der Waals surface area (Å²) in [7, 11) is 1.62. The van der Waals surface area contributed by atoms with Gasteiger partial charge in [0.2, 0.25) is 11.8 Å². The van der Waals surface area contributed by atoms with Crippen molar-refractivity contribution >= 4 is 23.8 Å². The highest BCUT2D eigenvalue weighted by molar-refractivity contribution is 5.93. The van der Waals surface area contributed by atoms with Crippen molar-refractivity contribution < 1.29 is 29.0 Å². The van der Waals surface area contributed by atoms with Crippen molar-refractivity contribution in [3.8, 4) is 0 Å². The van der Waals surface area contributed by atoms with E-state index in [-0.39, 0.29) is 32.8 Å². The smallest absolute Gasteiger partial charge is 0.334 e. The van der Waals surface area contributed by atoms with Gasteiger partial charge in [-0.2, -0.15) is 0 Å². The van der Waals surface area contributed by atoms with Crippen LogP contribution in [0.2, 0.25) is 0 Å². The van der Waals surface area contributed by atoms with Crippen LogP contribution in [0.15, 0.2) is 60.7 Å². The Morgan fingerprint density at radius 1 is 1.03 bits per heavy atom. The number of ether oxygens (including phenoxy) is 1. The fourth-order valence-corrected chi connectivity index (χ4v) is 4.67. The summed E-state index contributed by atoms with van der Waals surface area (Å²) in [5, 5.41) is 15.2. The number of fused-ring (bicyclic) bond motifs is 1. The van der Waals surface area contributed by atoms with Crippen LogP contribution in [0, 0.1) is 0 Å². The second-order valence-electron chi connectivity index (χ2n) is 9.02. The lowest BCUT2D eigenvalue weighted by Crippen LogP contribution is -2.76. The Hall–Kier alpha value is -3.96. The molecule has 1 unspecified atom stereocenters. The molecule has 0 aromatic heterocycles. The third-order valence-corrected chi connectivity index (χ3v) is 6.42. The van der Waals surface area contributed by atoms with Gasteiger partial charge in [-0.05, 0) is 11.1 Å². The molecule has 0 spiro atoms. The molecular weight excluding hydrogens is 478 g/mol. The van der Waals surface area contributed by atoms with Crippen LogP contribution in [0.25, 0.3) is 0 Å². The van der Waals surface area contributed by atoms with Crippen molar-refractivity contribution in [1.29, 1.82) is 0 Å². The SMILES string of the molecule is CN1CC(=O)N2C(CN(CCOCc3ccccc3)C(=O)[C@@H]2CC(=O)O)N1C(=O)NCc1ccccc1. The van der Waals surface area contributed by atoms with Gasteiger partial charge in [-0.15, -0.1) is 0 Å². The fourth-order valence-electron chi connectivity index (χ4n) is 4.67. The molecule has 0 saturated carbocycles. The quantitative estimate of drug-likeness (QED) is 0.486. The summed E-state index contributed by atoms with van der Waals surface area (Å²) in [5.74, 6) is -2.07. The number of nitrogens with one attached hydrogen (secondary N) is 1. The van der Waals surface area contributed by atoms with Gasteiger partial charge in [0.1, 0.15) is 12.2 Å². The summed E-state index contributed by atoms with van der Waals surface area (Å²) in [5.41, 5.74) is 1.89. The number of hydrogen-bond acceptors (Lipinski definition) is 6. The molecule has 196 valence electrons. The lowest BCUT2D eigenvalue weighted by atomic mass is 10.0. The summed E-state index contributed by atoms with van der Waals surface area (Å²) in [6, 6.07) is 17.3. The molecule has 2 aliphatic heterocycles. The molecule has 0 bridgehead atoms. The molecule has 2 heterocycles. The number of benzene rings is 2. The topological polar surface area (TPSA) is 123 Å². The van der Waals surface area contributed by atoms with Crippen LogP contribution in [-0.2, 0) is 32.3 Å².